The summed E-state index contributed by atoms with van der Waals surface area (Å²) in [6, 6.07) is 13.4. The van der Waals surface area contributed by atoms with Gasteiger partial charge in [-0.3, -0.25) is 20.4 Å². The van der Waals surface area contributed by atoms with Crippen LogP contribution < -0.4 is 10.9 Å². The molecule has 0 saturated carbocycles. The van der Waals surface area contributed by atoms with Crippen LogP contribution in [0.1, 0.15) is 10.4 Å². The number of hydrogen-bond donors (Lipinski definition) is 2. The summed E-state index contributed by atoms with van der Waals surface area (Å²) in [5, 5.41) is 8.83. The summed E-state index contributed by atoms with van der Waals surface area (Å²) in [4.78, 5) is 23.7. The van der Waals surface area contributed by atoms with Crippen molar-refractivity contribution in [3.05, 3.63) is 64.1 Å². The van der Waals surface area contributed by atoms with E-state index in [0.717, 1.165) is 11.8 Å². The molecule has 1 heterocycles. The van der Waals surface area contributed by atoms with Crippen LogP contribution in [0.5, 0.6) is 0 Å². The molecule has 0 aliphatic rings. The Kier molecular flexibility index (Phi) is 6.33. The molecule has 1 aromatic heterocycles. The van der Waals surface area contributed by atoms with Gasteiger partial charge >= 0.3 is 0 Å². The van der Waals surface area contributed by atoms with Gasteiger partial charge in [0.15, 0.2) is 0 Å². The second kappa shape index (κ2) is 8.90. The molecular formula is C17H12Cl2N4O3S. The summed E-state index contributed by atoms with van der Waals surface area (Å²) in [5.41, 5.74) is 5.63. The van der Waals surface area contributed by atoms with Gasteiger partial charge in [-0.1, -0.05) is 53.2 Å². The number of hydrogen-bond acceptors (Lipinski definition) is 6. The summed E-state index contributed by atoms with van der Waals surface area (Å²) in [6.45, 7) is 0. The lowest BCUT2D eigenvalue weighted by molar-refractivity contribution is -0.119. The van der Waals surface area contributed by atoms with Crippen molar-refractivity contribution in [2.24, 2.45) is 0 Å². The van der Waals surface area contributed by atoms with E-state index in [-0.39, 0.29) is 16.9 Å². The molecular weight excluding hydrogens is 411 g/mol. The van der Waals surface area contributed by atoms with Crippen LogP contribution in [0.4, 0.5) is 0 Å². The Bertz CT molecular complexity index is 966. The molecule has 0 fully saturated rings. The Balaban J connectivity index is 1.51. The number of benzene rings is 2. The molecule has 138 valence electrons. The maximum Gasteiger partial charge on any atom is 0.277 e. The minimum atomic E-state index is -0.423. The van der Waals surface area contributed by atoms with Crippen LogP contribution in [0.25, 0.3) is 11.5 Å². The zero-order chi connectivity index (χ0) is 19.2. The van der Waals surface area contributed by atoms with Gasteiger partial charge in [0.2, 0.25) is 11.8 Å². The number of rotatable bonds is 5. The van der Waals surface area contributed by atoms with Crippen molar-refractivity contribution in [2.45, 2.75) is 5.22 Å². The second-order valence-corrected chi connectivity index (χ2v) is 6.92. The van der Waals surface area contributed by atoms with Crippen molar-refractivity contribution in [1.82, 2.24) is 21.0 Å². The highest BCUT2D eigenvalue weighted by molar-refractivity contribution is 7.99. The Morgan fingerprint density at radius 3 is 2.56 bits per heavy atom. The number of hydrazine groups is 1. The van der Waals surface area contributed by atoms with Gasteiger partial charge < -0.3 is 4.42 Å². The number of nitrogens with zero attached hydrogens (tertiary/aromatic N) is 2. The summed E-state index contributed by atoms with van der Waals surface area (Å²) < 4.78 is 5.48. The molecule has 0 unspecified atom stereocenters. The first-order valence-electron chi connectivity index (χ1n) is 7.59. The largest absolute Gasteiger partial charge is 0.411 e. The van der Waals surface area contributed by atoms with Crippen molar-refractivity contribution >= 4 is 46.8 Å². The fourth-order valence-electron chi connectivity index (χ4n) is 1.99. The highest BCUT2D eigenvalue weighted by Crippen LogP contribution is 2.30. The predicted molar refractivity (Wildman–Crippen MR) is 103 cm³/mol. The standard InChI is InChI=1S/C17H12Cl2N4O3S/c18-11-6-7-12(13(19)8-11)16-22-23-17(26-16)27-9-14(24)20-21-15(25)10-4-2-1-3-5-10/h1-8H,9H2,(H,20,24)(H,21,25). The Labute approximate surface area is 168 Å². The molecule has 0 atom stereocenters. The first-order chi connectivity index (χ1) is 13.0. The minimum absolute atomic E-state index is 0.0228. The summed E-state index contributed by atoms with van der Waals surface area (Å²) >= 11 is 13.0. The quantitative estimate of drug-likeness (QED) is 0.481. The van der Waals surface area contributed by atoms with Crippen molar-refractivity contribution in [2.75, 3.05) is 5.75 Å². The minimum Gasteiger partial charge on any atom is -0.411 e. The highest BCUT2D eigenvalue weighted by Gasteiger charge is 2.14. The van der Waals surface area contributed by atoms with Gasteiger partial charge in [-0.2, -0.15) is 0 Å². The van der Waals surface area contributed by atoms with E-state index in [9.17, 15) is 9.59 Å². The third-order valence-corrected chi connectivity index (χ3v) is 4.61. The maximum absolute atomic E-state index is 11.8. The van der Waals surface area contributed by atoms with E-state index < -0.39 is 11.8 Å². The van der Waals surface area contributed by atoms with Crippen LogP contribution in [0.2, 0.25) is 10.0 Å². The average Bonchev–Trinajstić information content (AvgIpc) is 3.14. The number of carbonyl (C=O) groups excluding carboxylic acids is 2. The van der Waals surface area contributed by atoms with Crippen LogP contribution in [0.3, 0.4) is 0 Å². The topological polar surface area (TPSA) is 97.1 Å². The molecule has 3 rings (SSSR count). The van der Waals surface area contributed by atoms with E-state index in [4.69, 9.17) is 27.6 Å². The van der Waals surface area contributed by atoms with Gasteiger partial charge in [0.1, 0.15) is 0 Å². The number of thioether (sulfide) groups is 1. The van der Waals surface area contributed by atoms with Crippen LogP contribution in [0, 0.1) is 0 Å². The Morgan fingerprint density at radius 2 is 1.81 bits per heavy atom. The van der Waals surface area contributed by atoms with Gasteiger partial charge in [-0.25, -0.2) is 0 Å². The molecule has 7 nitrogen and oxygen atoms in total. The SMILES string of the molecule is O=C(CSc1nnc(-c2ccc(Cl)cc2Cl)o1)NNC(=O)c1ccccc1. The molecule has 2 N–H and O–H groups in total. The molecule has 0 radical (unpaired) electrons. The van der Waals surface area contributed by atoms with Gasteiger partial charge in [-0.15, -0.1) is 10.2 Å². The molecule has 3 aromatic rings. The van der Waals surface area contributed by atoms with Crippen LogP contribution in [-0.2, 0) is 4.79 Å². The molecule has 0 aliphatic heterocycles. The average molecular weight is 423 g/mol. The number of halogens is 2. The third-order valence-electron chi connectivity index (χ3n) is 3.25. The number of nitrogens with one attached hydrogen (secondary N) is 2. The molecule has 0 aliphatic carbocycles. The highest BCUT2D eigenvalue weighted by atomic mass is 35.5. The van der Waals surface area contributed by atoms with Gasteiger partial charge in [0, 0.05) is 10.6 Å². The number of carbonyl (C=O) groups is 2. The normalized spacial score (nSPS) is 10.4. The zero-order valence-electron chi connectivity index (χ0n) is 13.6. The van der Waals surface area contributed by atoms with Crippen molar-refractivity contribution in [3.8, 4) is 11.5 Å². The van der Waals surface area contributed by atoms with E-state index in [1.54, 1.807) is 48.5 Å². The van der Waals surface area contributed by atoms with Crippen LogP contribution in [0.15, 0.2) is 58.2 Å². The lowest BCUT2D eigenvalue weighted by Gasteiger charge is -2.06. The predicted octanol–water partition coefficient (Wildman–Crippen LogP) is 3.60. The van der Waals surface area contributed by atoms with Crippen molar-refractivity contribution < 1.29 is 14.0 Å². The molecule has 0 spiro atoms. The summed E-state index contributed by atoms with van der Waals surface area (Å²) in [5.74, 6) is -0.637. The molecule has 2 amide bonds. The molecule has 10 heteroatoms. The fraction of sp³-hybridized carbons (Fsp3) is 0.0588. The van der Waals surface area contributed by atoms with E-state index in [0.29, 0.717) is 21.2 Å². The molecule has 27 heavy (non-hydrogen) atoms. The number of aromatic nitrogens is 2. The third kappa shape index (κ3) is 5.22. The van der Waals surface area contributed by atoms with E-state index in [2.05, 4.69) is 21.0 Å². The van der Waals surface area contributed by atoms with Crippen LogP contribution >= 0.6 is 35.0 Å². The lowest BCUT2D eigenvalue weighted by atomic mass is 10.2. The van der Waals surface area contributed by atoms with Crippen LogP contribution in [-0.4, -0.2) is 27.8 Å². The molecule has 2 aromatic carbocycles. The van der Waals surface area contributed by atoms with E-state index >= 15 is 0 Å². The monoisotopic (exact) mass is 422 g/mol. The first-order valence-corrected chi connectivity index (χ1v) is 9.33. The van der Waals surface area contributed by atoms with Gasteiger partial charge in [0.05, 0.1) is 16.3 Å². The van der Waals surface area contributed by atoms with Crippen molar-refractivity contribution in [3.63, 3.8) is 0 Å². The fourth-order valence-corrected chi connectivity index (χ4v) is 3.04. The smallest absolute Gasteiger partial charge is 0.277 e. The molecule has 0 saturated heterocycles. The Morgan fingerprint density at radius 1 is 1.04 bits per heavy atom. The van der Waals surface area contributed by atoms with Gasteiger partial charge in [0.25, 0.3) is 11.1 Å². The summed E-state index contributed by atoms with van der Waals surface area (Å²) in [6.07, 6.45) is 0. The van der Waals surface area contributed by atoms with Gasteiger partial charge in [-0.05, 0) is 30.3 Å². The second-order valence-electron chi connectivity index (χ2n) is 5.15. The Hall–Kier alpha value is -2.55. The summed E-state index contributed by atoms with van der Waals surface area (Å²) in [7, 11) is 0. The lowest BCUT2D eigenvalue weighted by Crippen LogP contribution is -2.42. The zero-order valence-corrected chi connectivity index (χ0v) is 15.9. The van der Waals surface area contributed by atoms with E-state index in [1.807, 2.05) is 0 Å². The number of amides is 2. The van der Waals surface area contributed by atoms with E-state index in [1.165, 1.54) is 0 Å². The maximum atomic E-state index is 11.8. The van der Waals surface area contributed by atoms with Crippen molar-refractivity contribution in [1.29, 1.82) is 0 Å². The molecule has 0 bridgehead atoms. The first kappa shape index (κ1) is 19.2.